The zero-order valence-corrected chi connectivity index (χ0v) is 15.8. The molecular weight excluding hydrogens is 350 g/mol. The molecule has 2 heterocycles. The van der Waals surface area contributed by atoms with E-state index in [4.69, 9.17) is 4.74 Å². The van der Waals surface area contributed by atoms with E-state index in [1.54, 1.807) is 12.1 Å². The fourth-order valence-corrected chi connectivity index (χ4v) is 3.08. The first-order valence-electron chi connectivity index (χ1n) is 9.23. The molecule has 0 aliphatic rings. The molecule has 1 N–H and O–H groups in total. The van der Waals surface area contributed by atoms with Crippen molar-refractivity contribution >= 4 is 17.2 Å². The van der Waals surface area contributed by atoms with E-state index < -0.39 is 0 Å². The number of anilines is 1. The Morgan fingerprint density at radius 2 is 1.89 bits per heavy atom. The van der Waals surface area contributed by atoms with Crippen molar-refractivity contribution in [3.63, 3.8) is 0 Å². The zero-order chi connectivity index (χ0) is 19.5. The van der Waals surface area contributed by atoms with Crippen LogP contribution in [0.3, 0.4) is 0 Å². The average Bonchev–Trinajstić information content (AvgIpc) is 3.12. The van der Waals surface area contributed by atoms with Crippen molar-refractivity contribution in [3.05, 3.63) is 84.2 Å². The number of benzene rings is 2. The summed E-state index contributed by atoms with van der Waals surface area (Å²) < 4.78 is 7.54. The van der Waals surface area contributed by atoms with Crippen LogP contribution in [0, 0.1) is 6.92 Å². The van der Waals surface area contributed by atoms with E-state index in [2.05, 4.69) is 23.3 Å². The van der Waals surface area contributed by atoms with Crippen LogP contribution in [-0.4, -0.2) is 21.9 Å². The first-order chi connectivity index (χ1) is 13.6. The molecule has 0 radical (unpaired) electrons. The lowest BCUT2D eigenvalue weighted by Crippen LogP contribution is -2.13. The third-order valence-corrected chi connectivity index (χ3v) is 4.49. The van der Waals surface area contributed by atoms with Gasteiger partial charge in [-0.3, -0.25) is 4.79 Å². The van der Waals surface area contributed by atoms with E-state index in [1.165, 1.54) is 5.56 Å². The maximum atomic E-state index is 12.6. The molecule has 0 spiro atoms. The molecule has 0 saturated carbocycles. The minimum absolute atomic E-state index is 0.194. The Morgan fingerprint density at radius 1 is 1.11 bits per heavy atom. The van der Waals surface area contributed by atoms with Crippen molar-refractivity contribution < 1.29 is 9.53 Å². The average molecular weight is 371 g/mol. The molecule has 0 bridgehead atoms. The fraction of sp³-hybridized carbons (Fsp3) is 0.130. The molecule has 1 amide bonds. The van der Waals surface area contributed by atoms with Crippen LogP contribution < -0.4 is 10.1 Å². The second-order valence-corrected chi connectivity index (χ2v) is 6.56. The molecule has 28 heavy (non-hydrogen) atoms. The predicted octanol–water partition coefficient (Wildman–Crippen LogP) is 4.96. The molecule has 4 aromatic rings. The highest BCUT2D eigenvalue weighted by molar-refractivity contribution is 6.06. The van der Waals surface area contributed by atoms with Crippen LogP contribution in [0.4, 0.5) is 5.69 Å². The van der Waals surface area contributed by atoms with Gasteiger partial charge in [-0.2, -0.15) is 0 Å². The fourth-order valence-electron chi connectivity index (χ4n) is 3.08. The Labute approximate surface area is 163 Å². The summed E-state index contributed by atoms with van der Waals surface area (Å²) in [7, 11) is 0. The van der Waals surface area contributed by atoms with Crippen LogP contribution in [0.5, 0.6) is 5.75 Å². The molecule has 5 heteroatoms. The number of hydrogen-bond acceptors (Lipinski definition) is 3. The van der Waals surface area contributed by atoms with Crippen molar-refractivity contribution in [2.45, 2.75) is 13.8 Å². The lowest BCUT2D eigenvalue weighted by Gasteiger charge is -2.10. The van der Waals surface area contributed by atoms with Crippen molar-refractivity contribution in [2.24, 2.45) is 0 Å². The van der Waals surface area contributed by atoms with Crippen LogP contribution in [0.15, 0.2) is 73.1 Å². The van der Waals surface area contributed by atoms with Crippen molar-refractivity contribution in [2.75, 3.05) is 11.9 Å². The van der Waals surface area contributed by atoms with Crippen LogP contribution in [0.2, 0.25) is 0 Å². The van der Waals surface area contributed by atoms with Gasteiger partial charge in [-0.25, -0.2) is 4.98 Å². The zero-order valence-electron chi connectivity index (χ0n) is 15.8. The SMILES string of the molecule is CCOc1ccccc1C(=O)Nc1ccc(-c2cn3ccc(C)cc3n2)cc1. The molecule has 0 fully saturated rings. The smallest absolute Gasteiger partial charge is 0.259 e. The third-order valence-electron chi connectivity index (χ3n) is 4.49. The van der Waals surface area contributed by atoms with Gasteiger partial charge in [-0.1, -0.05) is 24.3 Å². The molecule has 0 aliphatic carbocycles. The maximum Gasteiger partial charge on any atom is 0.259 e. The van der Waals surface area contributed by atoms with Gasteiger partial charge >= 0.3 is 0 Å². The molecule has 2 aromatic heterocycles. The minimum atomic E-state index is -0.194. The minimum Gasteiger partial charge on any atom is -0.493 e. The Kier molecular flexibility index (Phi) is 4.81. The van der Waals surface area contributed by atoms with Crippen LogP contribution >= 0.6 is 0 Å². The quantitative estimate of drug-likeness (QED) is 0.539. The normalized spacial score (nSPS) is 10.8. The van der Waals surface area contributed by atoms with Gasteiger partial charge in [-0.05, 0) is 55.8 Å². The first kappa shape index (κ1) is 17.8. The first-order valence-corrected chi connectivity index (χ1v) is 9.23. The number of para-hydroxylation sites is 1. The van der Waals surface area contributed by atoms with E-state index in [-0.39, 0.29) is 5.91 Å². The summed E-state index contributed by atoms with van der Waals surface area (Å²) in [4.78, 5) is 17.3. The third kappa shape index (κ3) is 3.60. The van der Waals surface area contributed by atoms with Crippen LogP contribution in [-0.2, 0) is 0 Å². The van der Waals surface area contributed by atoms with Gasteiger partial charge in [0.1, 0.15) is 11.4 Å². The van der Waals surface area contributed by atoms with Gasteiger partial charge in [-0.15, -0.1) is 0 Å². The lowest BCUT2D eigenvalue weighted by atomic mass is 10.1. The molecule has 0 saturated heterocycles. The molecule has 5 nitrogen and oxygen atoms in total. The highest BCUT2D eigenvalue weighted by Crippen LogP contribution is 2.23. The largest absolute Gasteiger partial charge is 0.493 e. The Hall–Kier alpha value is -3.60. The van der Waals surface area contributed by atoms with Crippen molar-refractivity contribution in [3.8, 4) is 17.0 Å². The standard InChI is InChI=1S/C23H21N3O2/c1-3-28-21-7-5-4-6-19(21)23(27)24-18-10-8-17(9-11-18)20-15-26-13-12-16(2)14-22(26)25-20/h4-15H,3H2,1-2H3,(H,24,27). The maximum absolute atomic E-state index is 12.6. The summed E-state index contributed by atoms with van der Waals surface area (Å²) >= 11 is 0. The monoisotopic (exact) mass is 371 g/mol. The van der Waals surface area contributed by atoms with E-state index in [9.17, 15) is 4.79 Å². The second-order valence-electron chi connectivity index (χ2n) is 6.56. The molecule has 0 atom stereocenters. The number of fused-ring (bicyclic) bond motifs is 1. The molecule has 140 valence electrons. The summed E-state index contributed by atoms with van der Waals surface area (Å²) in [6.45, 7) is 4.46. The number of imidazole rings is 1. The highest BCUT2D eigenvalue weighted by Gasteiger charge is 2.12. The number of hydrogen-bond donors (Lipinski definition) is 1. The van der Waals surface area contributed by atoms with E-state index >= 15 is 0 Å². The Balaban J connectivity index is 1.54. The number of aromatic nitrogens is 2. The Bertz CT molecular complexity index is 1130. The molecule has 0 unspecified atom stereocenters. The number of carbonyl (C=O) groups is 1. The number of amides is 1. The number of aryl methyl sites for hydroxylation is 1. The molecular formula is C23H21N3O2. The number of nitrogens with zero attached hydrogens (tertiary/aromatic N) is 2. The second kappa shape index (κ2) is 7.56. The predicted molar refractivity (Wildman–Crippen MR) is 111 cm³/mol. The van der Waals surface area contributed by atoms with Gasteiger partial charge in [0, 0.05) is 23.6 Å². The summed E-state index contributed by atoms with van der Waals surface area (Å²) in [5.74, 6) is 0.388. The van der Waals surface area contributed by atoms with E-state index in [1.807, 2.05) is 66.2 Å². The summed E-state index contributed by atoms with van der Waals surface area (Å²) in [5.41, 5.74) is 5.22. The highest BCUT2D eigenvalue weighted by atomic mass is 16.5. The number of rotatable bonds is 5. The van der Waals surface area contributed by atoms with E-state index in [0.29, 0.717) is 17.9 Å². The summed E-state index contributed by atoms with van der Waals surface area (Å²) in [6.07, 6.45) is 4.01. The van der Waals surface area contributed by atoms with Crippen molar-refractivity contribution in [1.82, 2.24) is 9.38 Å². The topological polar surface area (TPSA) is 55.6 Å². The number of carbonyl (C=O) groups excluding carboxylic acids is 1. The molecule has 4 rings (SSSR count). The van der Waals surface area contributed by atoms with Gasteiger partial charge in [0.2, 0.25) is 0 Å². The summed E-state index contributed by atoms with van der Waals surface area (Å²) in [6, 6.07) is 19.0. The number of ether oxygens (including phenoxy) is 1. The van der Waals surface area contributed by atoms with Gasteiger partial charge < -0.3 is 14.5 Å². The van der Waals surface area contributed by atoms with Gasteiger partial charge in [0.25, 0.3) is 5.91 Å². The van der Waals surface area contributed by atoms with Crippen molar-refractivity contribution in [1.29, 1.82) is 0 Å². The van der Waals surface area contributed by atoms with E-state index in [0.717, 1.165) is 22.6 Å². The van der Waals surface area contributed by atoms with Crippen LogP contribution in [0.25, 0.3) is 16.9 Å². The van der Waals surface area contributed by atoms with Gasteiger partial charge in [0.05, 0.1) is 17.9 Å². The van der Waals surface area contributed by atoms with Crippen LogP contribution in [0.1, 0.15) is 22.8 Å². The number of nitrogens with one attached hydrogen (secondary N) is 1. The van der Waals surface area contributed by atoms with Gasteiger partial charge in [0.15, 0.2) is 0 Å². The number of pyridine rings is 1. The molecule has 0 aliphatic heterocycles. The molecule has 2 aromatic carbocycles. The lowest BCUT2D eigenvalue weighted by molar-refractivity contribution is 0.102. The summed E-state index contributed by atoms with van der Waals surface area (Å²) in [5, 5.41) is 2.93. The Morgan fingerprint density at radius 3 is 2.68 bits per heavy atom.